The molecule has 1 aliphatic heterocycles. The summed E-state index contributed by atoms with van der Waals surface area (Å²) in [6, 6.07) is 1.62. The van der Waals surface area contributed by atoms with Gasteiger partial charge in [0.05, 0.1) is 12.5 Å². The molecule has 7 heteroatoms. The first kappa shape index (κ1) is 12.4. The minimum absolute atomic E-state index is 0.203. The quantitative estimate of drug-likeness (QED) is 0.789. The molecule has 7 nitrogen and oxygen atoms in total. The number of carboxylic acids is 1. The fourth-order valence-corrected chi connectivity index (χ4v) is 1.97. The molecular weight excluding hydrogens is 236 g/mol. The molecule has 1 aromatic heterocycles. The van der Waals surface area contributed by atoms with Crippen LogP contribution in [0.25, 0.3) is 0 Å². The lowest BCUT2D eigenvalue weighted by atomic mass is 10.1. The summed E-state index contributed by atoms with van der Waals surface area (Å²) in [5, 5.41) is 15.6. The molecule has 0 bridgehead atoms. The maximum atomic E-state index is 11.7. The Bertz CT molecular complexity index is 418. The monoisotopic (exact) mass is 252 g/mol. The van der Waals surface area contributed by atoms with Crippen LogP contribution in [0.2, 0.25) is 0 Å². The Morgan fingerprint density at radius 3 is 2.94 bits per heavy atom. The van der Waals surface area contributed by atoms with E-state index in [9.17, 15) is 9.59 Å². The highest BCUT2D eigenvalue weighted by molar-refractivity contribution is 5.77. The first-order valence-corrected chi connectivity index (χ1v) is 5.90. The van der Waals surface area contributed by atoms with Crippen molar-refractivity contribution in [2.75, 3.05) is 19.6 Å². The molecule has 0 spiro atoms. The average Bonchev–Trinajstić information content (AvgIpc) is 2.99. The Morgan fingerprint density at radius 2 is 2.33 bits per heavy atom. The summed E-state index contributed by atoms with van der Waals surface area (Å²) in [7, 11) is 0. The predicted octanol–water partition coefficient (Wildman–Crippen LogP) is -0.000800. The molecule has 2 rings (SSSR count). The Kier molecular flexibility index (Phi) is 3.81. The van der Waals surface area contributed by atoms with Gasteiger partial charge in [-0.2, -0.15) is 5.10 Å². The molecule has 1 aliphatic rings. The van der Waals surface area contributed by atoms with Crippen molar-refractivity contribution in [1.29, 1.82) is 0 Å². The van der Waals surface area contributed by atoms with Gasteiger partial charge in [0.25, 0.3) is 0 Å². The second kappa shape index (κ2) is 5.52. The van der Waals surface area contributed by atoms with Crippen molar-refractivity contribution in [3.63, 3.8) is 0 Å². The third kappa shape index (κ3) is 2.99. The molecule has 0 radical (unpaired) electrons. The molecule has 1 fully saturated rings. The lowest BCUT2D eigenvalue weighted by molar-refractivity contribution is -0.141. The van der Waals surface area contributed by atoms with Crippen LogP contribution in [0.5, 0.6) is 0 Å². The minimum atomic E-state index is -0.832. The van der Waals surface area contributed by atoms with Crippen LogP contribution < -0.4 is 5.32 Å². The summed E-state index contributed by atoms with van der Waals surface area (Å²) >= 11 is 0. The number of nitrogens with zero attached hydrogens (tertiary/aromatic N) is 3. The van der Waals surface area contributed by atoms with Crippen LogP contribution >= 0.6 is 0 Å². The summed E-state index contributed by atoms with van der Waals surface area (Å²) in [6.07, 6.45) is 4.03. The van der Waals surface area contributed by atoms with Gasteiger partial charge < -0.3 is 15.3 Å². The molecule has 1 unspecified atom stereocenters. The van der Waals surface area contributed by atoms with E-state index in [4.69, 9.17) is 5.11 Å². The zero-order valence-corrected chi connectivity index (χ0v) is 9.95. The maximum Gasteiger partial charge on any atom is 0.317 e. The van der Waals surface area contributed by atoms with Gasteiger partial charge in [0.2, 0.25) is 0 Å². The smallest absolute Gasteiger partial charge is 0.317 e. The van der Waals surface area contributed by atoms with Gasteiger partial charge in [-0.15, -0.1) is 0 Å². The van der Waals surface area contributed by atoms with Gasteiger partial charge in [-0.05, 0) is 12.5 Å². The molecule has 1 saturated heterocycles. The topological polar surface area (TPSA) is 87.5 Å². The van der Waals surface area contributed by atoms with Crippen LogP contribution in [0.3, 0.4) is 0 Å². The van der Waals surface area contributed by atoms with Crippen LogP contribution in [0.4, 0.5) is 4.79 Å². The number of hydrogen-bond donors (Lipinski definition) is 2. The highest BCUT2D eigenvalue weighted by Gasteiger charge is 2.30. The van der Waals surface area contributed by atoms with E-state index in [1.54, 1.807) is 15.8 Å². The molecule has 18 heavy (non-hydrogen) atoms. The summed E-state index contributed by atoms with van der Waals surface area (Å²) in [5.41, 5.74) is 0. The number of aromatic nitrogens is 2. The van der Waals surface area contributed by atoms with E-state index in [0.717, 1.165) is 0 Å². The Labute approximate surface area is 104 Å². The number of carboxylic acid groups (broad SMARTS) is 1. The minimum Gasteiger partial charge on any atom is -0.481 e. The maximum absolute atomic E-state index is 11.7. The fraction of sp³-hybridized carbons (Fsp3) is 0.545. The van der Waals surface area contributed by atoms with E-state index in [-0.39, 0.29) is 6.03 Å². The Hall–Kier alpha value is -2.05. The van der Waals surface area contributed by atoms with Crippen molar-refractivity contribution in [2.24, 2.45) is 5.92 Å². The van der Waals surface area contributed by atoms with E-state index in [1.807, 2.05) is 12.3 Å². The van der Waals surface area contributed by atoms with Crippen molar-refractivity contribution in [1.82, 2.24) is 20.0 Å². The first-order valence-electron chi connectivity index (χ1n) is 5.90. The van der Waals surface area contributed by atoms with Crippen molar-refractivity contribution < 1.29 is 14.7 Å². The zero-order valence-electron chi connectivity index (χ0n) is 9.95. The largest absolute Gasteiger partial charge is 0.481 e. The molecule has 98 valence electrons. The van der Waals surface area contributed by atoms with E-state index in [0.29, 0.717) is 32.6 Å². The molecule has 2 heterocycles. The number of hydrogen-bond acceptors (Lipinski definition) is 3. The molecule has 0 aliphatic carbocycles. The molecule has 1 atom stereocenters. The van der Waals surface area contributed by atoms with Gasteiger partial charge in [0.1, 0.15) is 0 Å². The summed E-state index contributed by atoms with van der Waals surface area (Å²) < 4.78 is 1.73. The molecular formula is C11H16N4O3. The summed E-state index contributed by atoms with van der Waals surface area (Å²) in [5.74, 6) is -1.26. The Balaban J connectivity index is 1.71. The molecule has 1 aromatic rings. The predicted molar refractivity (Wildman–Crippen MR) is 62.9 cm³/mol. The lowest BCUT2D eigenvalue weighted by Gasteiger charge is -2.16. The van der Waals surface area contributed by atoms with E-state index in [1.165, 1.54) is 0 Å². The molecule has 2 amide bonds. The molecule has 0 saturated carbocycles. The van der Waals surface area contributed by atoms with Gasteiger partial charge in [0, 0.05) is 32.0 Å². The number of carbonyl (C=O) groups excluding carboxylic acids is 1. The fourth-order valence-electron chi connectivity index (χ4n) is 1.97. The van der Waals surface area contributed by atoms with Crippen molar-refractivity contribution >= 4 is 12.0 Å². The van der Waals surface area contributed by atoms with Crippen LogP contribution in [0, 0.1) is 5.92 Å². The highest BCUT2D eigenvalue weighted by atomic mass is 16.4. The van der Waals surface area contributed by atoms with Gasteiger partial charge in [-0.25, -0.2) is 4.79 Å². The number of rotatable bonds is 4. The highest BCUT2D eigenvalue weighted by Crippen LogP contribution is 2.15. The van der Waals surface area contributed by atoms with Crippen LogP contribution in [-0.4, -0.2) is 51.4 Å². The number of carbonyl (C=O) groups is 2. The zero-order chi connectivity index (χ0) is 13.0. The SMILES string of the molecule is O=C(O)C1CCN(C(=O)NCCn2cccn2)C1. The summed E-state index contributed by atoms with van der Waals surface area (Å²) in [4.78, 5) is 24.0. The number of urea groups is 1. The van der Waals surface area contributed by atoms with Crippen molar-refractivity contribution in [2.45, 2.75) is 13.0 Å². The molecule has 2 N–H and O–H groups in total. The van der Waals surface area contributed by atoms with E-state index < -0.39 is 11.9 Å². The van der Waals surface area contributed by atoms with Crippen molar-refractivity contribution in [3.05, 3.63) is 18.5 Å². The molecule has 0 aromatic carbocycles. The van der Waals surface area contributed by atoms with E-state index in [2.05, 4.69) is 10.4 Å². The van der Waals surface area contributed by atoms with Gasteiger partial charge in [0.15, 0.2) is 0 Å². The average molecular weight is 252 g/mol. The second-order valence-corrected chi connectivity index (χ2v) is 4.27. The number of likely N-dealkylation sites (tertiary alicyclic amines) is 1. The normalized spacial score (nSPS) is 18.9. The number of aliphatic carboxylic acids is 1. The number of amides is 2. The van der Waals surface area contributed by atoms with Gasteiger partial charge in [-0.3, -0.25) is 9.48 Å². The van der Waals surface area contributed by atoms with Gasteiger partial charge >= 0.3 is 12.0 Å². The van der Waals surface area contributed by atoms with Crippen LogP contribution in [-0.2, 0) is 11.3 Å². The second-order valence-electron chi connectivity index (χ2n) is 4.27. The van der Waals surface area contributed by atoms with E-state index >= 15 is 0 Å². The van der Waals surface area contributed by atoms with Crippen molar-refractivity contribution in [3.8, 4) is 0 Å². The summed E-state index contributed by atoms with van der Waals surface area (Å²) in [6.45, 7) is 1.89. The third-order valence-corrected chi connectivity index (χ3v) is 3.00. The lowest BCUT2D eigenvalue weighted by Crippen LogP contribution is -2.40. The standard InChI is InChI=1S/C11H16N4O3/c16-10(17)9-2-6-14(8-9)11(18)12-4-7-15-5-1-3-13-15/h1,3,5,9H,2,4,6-8H2,(H,12,18)(H,16,17). The van der Waals surface area contributed by atoms with Crippen LogP contribution in [0.1, 0.15) is 6.42 Å². The first-order chi connectivity index (χ1) is 8.66. The Morgan fingerprint density at radius 1 is 1.50 bits per heavy atom. The number of nitrogens with one attached hydrogen (secondary N) is 1. The van der Waals surface area contributed by atoms with Gasteiger partial charge in [-0.1, -0.05) is 0 Å². The van der Waals surface area contributed by atoms with Crippen LogP contribution in [0.15, 0.2) is 18.5 Å². The third-order valence-electron chi connectivity index (χ3n) is 3.00.